The van der Waals surface area contributed by atoms with Crippen molar-refractivity contribution in [3.05, 3.63) is 63.8 Å². The summed E-state index contributed by atoms with van der Waals surface area (Å²) in [5, 5.41) is 8.97. The zero-order chi connectivity index (χ0) is 19.6. The number of aryl methyl sites for hydroxylation is 1. The molecular weight excluding hydrogens is 416 g/mol. The van der Waals surface area contributed by atoms with E-state index in [0.717, 1.165) is 27.5 Å². The van der Waals surface area contributed by atoms with Gasteiger partial charge in [-0.1, -0.05) is 47.4 Å². The molecule has 29 heavy (non-hydrogen) atoms. The van der Waals surface area contributed by atoms with Crippen molar-refractivity contribution >= 4 is 61.1 Å². The van der Waals surface area contributed by atoms with Gasteiger partial charge in [0.25, 0.3) is 0 Å². The van der Waals surface area contributed by atoms with E-state index in [0.29, 0.717) is 0 Å². The largest absolute Gasteiger partial charge is 0.318 e. The minimum atomic E-state index is 0.916. The van der Waals surface area contributed by atoms with Crippen LogP contribution in [0.4, 0.5) is 0 Å². The molecule has 2 aromatic carbocycles. The first-order chi connectivity index (χ1) is 14.3. The van der Waals surface area contributed by atoms with Crippen LogP contribution < -0.4 is 4.80 Å². The molecule has 2 heterocycles. The monoisotopic (exact) mass is 436 g/mol. The van der Waals surface area contributed by atoms with Crippen molar-refractivity contribution in [2.24, 2.45) is 17.3 Å². The molecule has 0 atom stereocenters. The summed E-state index contributed by atoms with van der Waals surface area (Å²) < 4.78 is 5.69. The molecule has 0 amide bonds. The van der Waals surface area contributed by atoms with Crippen LogP contribution in [0, 0.1) is 0 Å². The van der Waals surface area contributed by atoms with Gasteiger partial charge < -0.3 is 4.57 Å². The number of rotatable bonds is 4. The molecule has 0 radical (unpaired) electrons. The Kier molecular flexibility index (Phi) is 5.35. The van der Waals surface area contributed by atoms with E-state index in [1.807, 2.05) is 19.3 Å². The lowest BCUT2D eigenvalue weighted by Gasteiger charge is -2.15. The summed E-state index contributed by atoms with van der Waals surface area (Å²) in [6.07, 6.45) is 6.55. The molecular formula is C22H20N4S3. The van der Waals surface area contributed by atoms with Crippen LogP contribution in [0.25, 0.3) is 20.4 Å². The third-order valence-electron chi connectivity index (χ3n) is 5.01. The van der Waals surface area contributed by atoms with Crippen molar-refractivity contribution in [3.8, 4) is 0 Å². The SMILES string of the molecule is Cn1/c(=N/N=CC2=C(Sc3nc4ccccc4s3)CCCC2)sc2ccccc21. The van der Waals surface area contributed by atoms with Crippen LogP contribution >= 0.6 is 34.4 Å². The average molecular weight is 437 g/mol. The first kappa shape index (κ1) is 18.8. The molecule has 146 valence electrons. The molecule has 1 aliphatic carbocycles. The predicted octanol–water partition coefficient (Wildman–Crippen LogP) is 6.36. The van der Waals surface area contributed by atoms with Crippen LogP contribution in [-0.2, 0) is 7.05 Å². The second-order valence-corrected chi connectivity index (χ2v) is 10.3. The van der Waals surface area contributed by atoms with Crippen molar-refractivity contribution in [2.45, 2.75) is 30.0 Å². The van der Waals surface area contributed by atoms with Gasteiger partial charge in [-0.2, -0.15) is 5.10 Å². The highest BCUT2D eigenvalue weighted by Gasteiger charge is 2.15. The third kappa shape index (κ3) is 3.95. The Hall–Kier alpha value is -2.22. The van der Waals surface area contributed by atoms with Crippen LogP contribution in [0.2, 0.25) is 0 Å². The number of hydrogen-bond acceptors (Lipinski definition) is 6. The standard InChI is InChI=1S/C22H20N4S3/c1-26-17-10-4-7-13-20(17)27-21(26)25-23-14-15-8-2-5-11-18(15)28-22-24-16-9-3-6-12-19(16)29-22/h3-4,6-7,9-10,12-14H,2,5,8,11H2,1H3/b23-14?,25-21-. The van der Waals surface area contributed by atoms with Crippen molar-refractivity contribution in [1.82, 2.24) is 9.55 Å². The Balaban J connectivity index is 1.43. The maximum atomic E-state index is 4.78. The van der Waals surface area contributed by atoms with Gasteiger partial charge in [-0.15, -0.1) is 16.4 Å². The van der Waals surface area contributed by atoms with E-state index in [1.165, 1.54) is 38.2 Å². The summed E-state index contributed by atoms with van der Waals surface area (Å²) in [5.41, 5.74) is 3.57. The Morgan fingerprint density at radius 1 is 1.00 bits per heavy atom. The van der Waals surface area contributed by atoms with Gasteiger partial charge in [0.1, 0.15) is 0 Å². The van der Waals surface area contributed by atoms with Crippen molar-refractivity contribution in [3.63, 3.8) is 0 Å². The third-order valence-corrected chi connectivity index (χ3v) is 8.43. The van der Waals surface area contributed by atoms with E-state index >= 15 is 0 Å². The quantitative estimate of drug-likeness (QED) is 0.276. The van der Waals surface area contributed by atoms with Gasteiger partial charge in [0, 0.05) is 7.05 Å². The number of thiazole rings is 2. The summed E-state index contributed by atoms with van der Waals surface area (Å²) in [4.78, 5) is 7.08. The highest BCUT2D eigenvalue weighted by Crippen LogP contribution is 2.39. The lowest BCUT2D eigenvalue weighted by atomic mass is 10.0. The molecule has 0 saturated heterocycles. The number of fused-ring (bicyclic) bond motifs is 2. The minimum absolute atomic E-state index is 0.916. The van der Waals surface area contributed by atoms with Crippen molar-refractivity contribution in [1.29, 1.82) is 0 Å². The van der Waals surface area contributed by atoms with E-state index in [1.54, 1.807) is 34.4 Å². The maximum absolute atomic E-state index is 4.78. The molecule has 4 aromatic rings. The normalized spacial score (nSPS) is 16.0. The van der Waals surface area contributed by atoms with Gasteiger partial charge in [-0.3, -0.25) is 0 Å². The number of thioether (sulfide) groups is 1. The highest BCUT2D eigenvalue weighted by atomic mass is 32.2. The molecule has 0 fully saturated rings. The summed E-state index contributed by atoms with van der Waals surface area (Å²) >= 11 is 5.24. The van der Waals surface area contributed by atoms with Crippen molar-refractivity contribution < 1.29 is 0 Å². The predicted molar refractivity (Wildman–Crippen MR) is 126 cm³/mol. The molecule has 2 aromatic heterocycles. The van der Waals surface area contributed by atoms with Crippen LogP contribution in [0.3, 0.4) is 0 Å². The fourth-order valence-electron chi connectivity index (χ4n) is 3.48. The van der Waals surface area contributed by atoms with Crippen LogP contribution in [-0.4, -0.2) is 15.8 Å². The first-order valence-corrected chi connectivity index (χ1v) is 12.1. The number of allylic oxidation sites excluding steroid dienone is 2. The molecule has 4 nitrogen and oxygen atoms in total. The van der Waals surface area contributed by atoms with E-state index < -0.39 is 0 Å². The number of nitrogens with zero attached hydrogens (tertiary/aromatic N) is 4. The minimum Gasteiger partial charge on any atom is -0.318 e. The fraction of sp³-hybridized carbons (Fsp3) is 0.227. The van der Waals surface area contributed by atoms with Gasteiger partial charge in [0.2, 0.25) is 4.80 Å². The average Bonchev–Trinajstić information content (AvgIpc) is 3.30. The van der Waals surface area contributed by atoms with Gasteiger partial charge in [-0.05, 0) is 60.4 Å². The van der Waals surface area contributed by atoms with Gasteiger partial charge in [-0.25, -0.2) is 4.98 Å². The number of hydrogen-bond donors (Lipinski definition) is 0. The number of benzene rings is 2. The lowest BCUT2D eigenvalue weighted by molar-refractivity contribution is 0.711. The first-order valence-electron chi connectivity index (χ1n) is 9.65. The Morgan fingerprint density at radius 2 is 1.79 bits per heavy atom. The Morgan fingerprint density at radius 3 is 2.66 bits per heavy atom. The fourth-order valence-corrected chi connectivity index (χ4v) is 6.78. The highest BCUT2D eigenvalue weighted by molar-refractivity contribution is 8.04. The molecule has 7 heteroatoms. The number of para-hydroxylation sites is 2. The van der Waals surface area contributed by atoms with E-state index in [9.17, 15) is 0 Å². The molecule has 0 spiro atoms. The van der Waals surface area contributed by atoms with Gasteiger partial charge in [0.05, 0.1) is 26.6 Å². The summed E-state index contributed by atoms with van der Waals surface area (Å²) in [5.74, 6) is 0. The zero-order valence-corrected chi connectivity index (χ0v) is 18.5. The van der Waals surface area contributed by atoms with Crippen LogP contribution in [0.1, 0.15) is 25.7 Å². The zero-order valence-electron chi connectivity index (χ0n) is 16.0. The molecule has 0 aliphatic heterocycles. The lowest BCUT2D eigenvalue weighted by Crippen LogP contribution is -2.09. The van der Waals surface area contributed by atoms with E-state index in [-0.39, 0.29) is 0 Å². The van der Waals surface area contributed by atoms with Crippen LogP contribution in [0.15, 0.2) is 73.6 Å². The summed E-state index contributed by atoms with van der Waals surface area (Å²) in [6.45, 7) is 0. The number of aromatic nitrogens is 2. The molecule has 5 rings (SSSR count). The van der Waals surface area contributed by atoms with Gasteiger partial charge in [0.15, 0.2) is 4.34 Å². The smallest absolute Gasteiger partial charge is 0.211 e. The van der Waals surface area contributed by atoms with E-state index in [4.69, 9.17) is 4.98 Å². The molecule has 1 aliphatic rings. The second kappa shape index (κ2) is 8.26. The Bertz CT molecular complexity index is 1270. The Labute approximate surface area is 181 Å². The molecule has 0 saturated carbocycles. The summed E-state index contributed by atoms with van der Waals surface area (Å²) in [7, 11) is 2.04. The maximum Gasteiger partial charge on any atom is 0.211 e. The molecule has 0 N–H and O–H groups in total. The van der Waals surface area contributed by atoms with Gasteiger partial charge >= 0.3 is 0 Å². The van der Waals surface area contributed by atoms with Crippen molar-refractivity contribution in [2.75, 3.05) is 0 Å². The van der Waals surface area contributed by atoms with E-state index in [2.05, 4.69) is 57.2 Å². The second-order valence-electron chi connectivity index (χ2n) is 6.96. The molecule has 0 bridgehead atoms. The topological polar surface area (TPSA) is 42.5 Å². The molecule has 0 unspecified atom stereocenters. The summed E-state index contributed by atoms with van der Waals surface area (Å²) in [6, 6.07) is 16.7. The van der Waals surface area contributed by atoms with Crippen LogP contribution in [0.5, 0.6) is 0 Å².